The van der Waals surface area contributed by atoms with Crippen LogP contribution in [0.3, 0.4) is 0 Å². The van der Waals surface area contributed by atoms with Crippen LogP contribution in [0, 0.1) is 6.92 Å². The standard InChI is InChI=1S/C16H25N5O2/c1-3-4-5-13(6-9-22)21-16-14(10-19-12(2)20-16)23-11-15-17-7-8-18-15/h7-8,10,13,22H,3-6,9,11H2,1-2H3,(H,17,18)(H,19,20,21)/t13-/m0/s1. The van der Waals surface area contributed by atoms with Crippen molar-refractivity contribution < 1.29 is 9.84 Å². The van der Waals surface area contributed by atoms with Crippen molar-refractivity contribution in [2.45, 2.75) is 52.2 Å². The second-order valence-corrected chi connectivity index (χ2v) is 5.45. The number of H-pyrrole nitrogens is 1. The molecule has 23 heavy (non-hydrogen) atoms. The summed E-state index contributed by atoms with van der Waals surface area (Å²) < 4.78 is 5.78. The largest absolute Gasteiger partial charge is 0.480 e. The predicted octanol–water partition coefficient (Wildman–Crippen LogP) is 2.44. The first-order chi connectivity index (χ1) is 11.2. The lowest BCUT2D eigenvalue weighted by molar-refractivity contribution is 0.274. The molecule has 2 aromatic heterocycles. The predicted molar refractivity (Wildman–Crippen MR) is 88.3 cm³/mol. The average Bonchev–Trinajstić information content (AvgIpc) is 3.05. The number of nitrogens with zero attached hydrogens (tertiary/aromatic N) is 3. The van der Waals surface area contributed by atoms with E-state index in [0.717, 1.165) is 25.1 Å². The van der Waals surface area contributed by atoms with Crippen molar-refractivity contribution in [3.8, 4) is 5.75 Å². The molecule has 3 N–H and O–H groups in total. The van der Waals surface area contributed by atoms with E-state index < -0.39 is 0 Å². The lowest BCUT2D eigenvalue weighted by atomic mass is 10.1. The van der Waals surface area contributed by atoms with Gasteiger partial charge in [-0.05, 0) is 19.8 Å². The Morgan fingerprint density at radius 3 is 2.91 bits per heavy atom. The number of imidazole rings is 1. The van der Waals surface area contributed by atoms with Gasteiger partial charge in [0, 0.05) is 25.0 Å². The van der Waals surface area contributed by atoms with Crippen LogP contribution in [0.2, 0.25) is 0 Å². The lowest BCUT2D eigenvalue weighted by Crippen LogP contribution is -2.22. The molecule has 0 saturated carbocycles. The van der Waals surface area contributed by atoms with Crippen LogP contribution >= 0.6 is 0 Å². The SMILES string of the molecule is CCCC[C@@H](CCO)Nc1nc(C)ncc1OCc1ncc[nH]1. The Balaban J connectivity index is 2.06. The Hall–Kier alpha value is -2.15. The highest BCUT2D eigenvalue weighted by molar-refractivity contribution is 5.49. The first kappa shape index (κ1) is 17.2. The number of aryl methyl sites for hydroxylation is 1. The molecule has 0 fully saturated rings. The zero-order chi connectivity index (χ0) is 16.5. The van der Waals surface area contributed by atoms with Gasteiger partial charge in [-0.1, -0.05) is 19.8 Å². The van der Waals surface area contributed by atoms with Crippen LogP contribution < -0.4 is 10.1 Å². The number of unbranched alkanes of at least 4 members (excludes halogenated alkanes) is 1. The van der Waals surface area contributed by atoms with Crippen LogP contribution in [-0.2, 0) is 6.61 Å². The topological polar surface area (TPSA) is 95.9 Å². The molecule has 0 aliphatic heterocycles. The average molecular weight is 319 g/mol. The number of aliphatic hydroxyl groups excluding tert-OH is 1. The molecule has 0 bridgehead atoms. The molecule has 0 saturated heterocycles. The van der Waals surface area contributed by atoms with E-state index in [9.17, 15) is 5.11 Å². The highest BCUT2D eigenvalue weighted by atomic mass is 16.5. The van der Waals surface area contributed by atoms with Gasteiger partial charge in [0.05, 0.1) is 6.20 Å². The fourth-order valence-electron chi connectivity index (χ4n) is 2.28. The summed E-state index contributed by atoms with van der Waals surface area (Å²) in [6.07, 6.45) is 9.00. The molecule has 2 heterocycles. The van der Waals surface area contributed by atoms with Crippen LogP contribution in [0.5, 0.6) is 5.75 Å². The minimum absolute atomic E-state index is 0.147. The molecule has 2 aromatic rings. The van der Waals surface area contributed by atoms with Gasteiger partial charge in [0.25, 0.3) is 0 Å². The Labute approximate surface area is 136 Å². The van der Waals surface area contributed by atoms with Gasteiger partial charge in [-0.15, -0.1) is 0 Å². The third kappa shape index (κ3) is 5.52. The van der Waals surface area contributed by atoms with E-state index in [4.69, 9.17) is 4.74 Å². The zero-order valence-electron chi connectivity index (χ0n) is 13.7. The summed E-state index contributed by atoms with van der Waals surface area (Å²) in [6, 6.07) is 0.167. The third-order valence-electron chi connectivity index (χ3n) is 3.52. The molecule has 0 aliphatic rings. The highest BCUT2D eigenvalue weighted by Crippen LogP contribution is 2.24. The van der Waals surface area contributed by atoms with E-state index in [1.807, 2.05) is 6.92 Å². The van der Waals surface area contributed by atoms with E-state index in [1.54, 1.807) is 18.6 Å². The van der Waals surface area contributed by atoms with Crippen LogP contribution in [0.25, 0.3) is 0 Å². The van der Waals surface area contributed by atoms with E-state index in [1.165, 1.54) is 0 Å². The minimum Gasteiger partial charge on any atom is -0.480 e. The first-order valence-electron chi connectivity index (χ1n) is 8.05. The molecule has 0 spiro atoms. The lowest BCUT2D eigenvalue weighted by Gasteiger charge is -2.20. The van der Waals surface area contributed by atoms with Crippen LogP contribution in [-0.4, -0.2) is 37.7 Å². The number of ether oxygens (including phenoxy) is 1. The smallest absolute Gasteiger partial charge is 0.180 e. The maximum absolute atomic E-state index is 9.25. The molecule has 2 rings (SSSR count). The summed E-state index contributed by atoms with van der Waals surface area (Å²) in [5.74, 6) is 2.68. The van der Waals surface area contributed by atoms with Crippen LogP contribution in [0.4, 0.5) is 5.82 Å². The van der Waals surface area contributed by atoms with E-state index in [0.29, 0.717) is 30.4 Å². The van der Waals surface area contributed by atoms with Gasteiger partial charge in [0.15, 0.2) is 11.6 Å². The Morgan fingerprint density at radius 2 is 2.22 bits per heavy atom. The molecule has 0 unspecified atom stereocenters. The number of hydrogen-bond donors (Lipinski definition) is 3. The molecule has 126 valence electrons. The summed E-state index contributed by atoms with van der Waals surface area (Å²) in [5, 5.41) is 12.6. The highest BCUT2D eigenvalue weighted by Gasteiger charge is 2.14. The number of aromatic amines is 1. The number of aliphatic hydroxyl groups is 1. The zero-order valence-corrected chi connectivity index (χ0v) is 13.7. The van der Waals surface area contributed by atoms with E-state index in [-0.39, 0.29) is 12.6 Å². The summed E-state index contributed by atoms with van der Waals surface area (Å²) in [4.78, 5) is 15.8. The molecule has 0 aliphatic carbocycles. The van der Waals surface area contributed by atoms with Crippen molar-refractivity contribution in [1.82, 2.24) is 19.9 Å². The number of rotatable bonds is 10. The quantitative estimate of drug-likeness (QED) is 0.622. The second-order valence-electron chi connectivity index (χ2n) is 5.45. The van der Waals surface area contributed by atoms with Crippen molar-refractivity contribution in [3.63, 3.8) is 0 Å². The second kappa shape index (κ2) is 9.09. The van der Waals surface area contributed by atoms with Gasteiger partial charge >= 0.3 is 0 Å². The van der Waals surface area contributed by atoms with Crippen molar-refractivity contribution >= 4 is 5.82 Å². The summed E-state index contributed by atoms with van der Waals surface area (Å²) in [6.45, 7) is 4.47. The maximum atomic E-state index is 9.25. The van der Waals surface area contributed by atoms with Gasteiger partial charge in [-0.25, -0.2) is 15.0 Å². The molecule has 0 amide bonds. The molecule has 0 radical (unpaired) electrons. The fourth-order valence-corrected chi connectivity index (χ4v) is 2.28. The van der Waals surface area contributed by atoms with E-state index in [2.05, 4.69) is 32.2 Å². The fraction of sp³-hybridized carbons (Fsp3) is 0.562. The van der Waals surface area contributed by atoms with Gasteiger partial charge < -0.3 is 20.1 Å². The summed E-state index contributed by atoms with van der Waals surface area (Å²) in [7, 11) is 0. The number of hydrogen-bond acceptors (Lipinski definition) is 6. The molecular formula is C16H25N5O2. The Morgan fingerprint density at radius 1 is 1.35 bits per heavy atom. The maximum Gasteiger partial charge on any atom is 0.180 e. The Bertz CT molecular complexity index is 574. The molecule has 7 heteroatoms. The molecule has 7 nitrogen and oxygen atoms in total. The van der Waals surface area contributed by atoms with Gasteiger partial charge in [0.1, 0.15) is 18.3 Å². The number of aromatic nitrogens is 4. The third-order valence-corrected chi connectivity index (χ3v) is 3.52. The van der Waals surface area contributed by atoms with Crippen molar-refractivity contribution in [3.05, 3.63) is 30.2 Å². The number of anilines is 1. The van der Waals surface area contributed by atoms with E-state index >= 15 is 0 Å². The monoisotopic (exact) mass is 319 g/mol. The van der Waals surface area contributed by atoms with Crippen molar-refractivity contribution in [1.29, 1.82) is 0 Å². The first-order valence-corrected chi connectivity index (χ1v) is 8.05. The minimum atomic E-state index is 0.147. The molecule has 0 aromatic carbocycles. The summed E-state index contributed by atoms with van der Waals surface area (Å²) >= 11 is 0. The molecule has 1 atom stereocenters. The van der Waals surface area contributed by atoms with Crippen molar-refractivity contribution in [2.24, 2.45) is 0 Å². The molecular weight excluding hydrogens is 294 g/mol. The van der Waals surface area contributed by atoms with Gasteiger partial charge in [-0.3, -0.25) is 0 Å². The Kier molecular flexibility index (Phi) is 6.80. The van der Waals surface area contributed by atoms with Gasteiger partial charge in [0.2, 0.25) is 0 Å². The number of nitrogens with one attached hydrogen (secondary N) is 2. The normalized spacial score (nSPS) is 12.1. The van der Waals surface area contributed by atoms with Crippen LogP contribution in [0.1, 0.15) is 44.3 Å². The summed E-state index contributed by atoms with van der Waals surface area (Å²) in [5.41, 5.74) is 0. The van der Waals surface area contributed by atoms with Crippen LogP contribution in [0.15, 0.2) is 18.6 Å². The van der Waals surface area contributed by atoms with Crippen molar-refractivity contribution in [2.75, 3.05) is 11.9 Å². The van der Waals surface area contributed by atoms with Gasteiger partial charge in [-0.2, -0.15) is 0 Å².